The first kappa shape index (κ1) is 17.5. The summed E-state index contributed by atoms with van der Waals surface area (Å²) in [5, 5.41) is 0. The highest BCUT2D eigenvalue weighted by Gasteiger charge is 2.54. The molecule has 2 aliphatic rings. The van der Waals surface area contributed by atoms with Crippen LogP contribution in [0.3, 0.4) is 0 Å². The van der Waals surface area contributed by atoms with Crippen molar-refractivity contribution in [3.8, 4) is 0 Å². The summed E-state index contributed by atoms with van der Waals surface area (Å²) in [4.78, 5) is 25.3. The molecule has 5 heteroatoms. The third-order valence-corrected chi connectivity index (χ3v) is 4.89. The predicted molar refractivity (Wildman–Crippen MR) is 97.3 cm³/mol. The van der Waals surface area contributed by atoms with Crippen molar-refractivity contribution in [3.05, 3.63) is 83.9 Å². The number of hydrogen-bond acceptors (Lipinski definition) is 5. The number of carbonyl (C=O) groups excluding carboxylic acids is 2. The zero-order chi connectivity index (χ0) is 18.6. The maximum absolute atomic E-state index is 12.7. The number of rotatable bonds is 6. The summed E-state index contributed by atoms with van der Waals surface area (Å²) in [7, 11) is 0. The highest BCUT2D eigenvalue weighted by molar-refractivity contribution is 5.85. The van der Waals surface area contributed by atoms with Gasteiger partial charge in [-0.15, -0.1) is 0 Å². The van der Waals surface area contributed by atoms with Gasteiger partial charge < -0.3 is 14.2 Å². The van der Waals surface area contributed by atoms with E-state index in [1.807, 2.05) is 72.8 Å². The van der Waals surface area contributed by atoms with Crippen LogP contribution in [0.25, 0.3) is 0 Å². The maximum Gasteiger partial charge on any atom is 0.313 e. The molecule has 0 N–H and O–H groups in total. The van der Waals surface area contributed by atoms with Crippen LogP contribution in [0.2, 0.25) is 0 Å². The van der Waals surface area contributed by atoms with E-state index in [0.29, 0.717) is 0 Å². The molecule has 0 saturated carbocycles. The monoisotopic (exact) mass is 364 g/mol. The average molecular weight is 364 g/mol. The number of esters is 2. The molecular formula is C22H20O5. The Balaban J connectivity index is 1.40. The zero-order valence-electron chi connectivity index (χ0n) is 14.7. The van der Waals surface area contributed by atoms with E-state index < -0.39 is 36.0 Å². The molecule has 27 heavy (non-hydrogen) atoms. The Morgan fingerprint density at radius 1 is 0.704 bits per heavy atom. The molecule has 1 saturated heterocycles. The summed E-state index contributed by atoms with van der Waals surface area (Å²) in [5.41, 5.74) is 1.79. The van der Waals surface area contributed by atoms with Crippen LogP contribution < -0.4 is 0 Å². The van der Waals surface area contributed by atoms with Crippen LogP contribution in [0.5, 0.6) is 0 Å². The fourth-order valence-electron chi connectivity index (χ4n) is 3.52. The van der Waals surface area contributed by atoms with E-state index in [-0.39, 0.29) is 13.2 Å². The minimum atomic E-state index is -0.674. The lowest BCUT2D eigenvalue weighted by atomic mass is 9.83. The Bertz CT molecular complexity index is 761. The van der Waals surface area contributed by atoms with Crippen molar-refractivity contribution in [3.63, 3.8) is 0 Å². The lowest BCUT2D eigenvalue weighted by Crippen LogP contribution is -2.38. The van der Waals surface area contributed by atoms with Gasteiger partial charge in [-0.05, 0) is 11.1 Å². The molecule has 2 aromatic carbocycles. The lowest BCUT2D eigenvalue weighted by molar-refractivity contribution is -0.161. The fourth-order valence-corrected chi connectivity index (χ4v) is 3.52. The Kier molecular flexibility index (Phi) is 5.03. The van der Waals surface area contributed by atoms with Crippen LogP contribution in [0.15, 0.2) is 72.8 Å². The van der Waals surface area contributed by atoms with Crippen molar-refractivity contribution >= 4 is 11.9 Å². The third kappa shape index (κ3) is 3.78. The van der Waals surface area contributed by atoms with Gasteiger partial charge in [0.25, 0.3) is 0 Å². The van der Waals surface area contributed by atoms with Crippen molar-refractivity contribution in [2.45, 2.75) is 25.4 Å². The van der Waals surface area contributed by atoms with Crippen molar-refractivity contribution < 1.29 is 23.8 Å². The number of benzene rings is 2. The molecule has 138 valence electrons. The van der Waals surface area contributed by atoms with Gasteiger partial charge in [0.1, 0.15) is 25.0 Å². The molecule has 4 atom stereocenters. The molecule has 1 fully saturated rings. The first-order chi connectivity index (χ1) is 13.2. The summed E-state index contributed by atoms with van der Waals surface area (Å²) >= 11 is 0. The number of hydrogen-bond donors (Lipinski definition) is 0. The molecule has 4 unspecified atom stereocenters. The number of carbonyl (C=O) groups is 2. The summed E-state index contributed by atoms with van der Waals surface area (Å²) in [6.45, 7) is 0.339. The van der Waals surface area contributed by atoms with E-state index in [1.165, 1.54) is 0 Å². The molecule has 5 nitrogen and oxygen atoms in total. The quantitative estimate of drug-likeness (QED) is 0.582. The highest BCUT2D eigenvalue weighted by atomic mass is 16.6. The first-order valence-electron chi connectivity index (χ1n) is 8.97. The van der Waals surface area contributed by atoms with Gasteiger partial charge in [-0.1, -0.05) is 72.8 Å². The third-order valence-electron chi connectivity index (χ3n) is 4.89. The van der Waals surface area contributed by atoms with E-state index in [0.717, 1.165) is 11.1 Å². The van der Waals surface area contributed by atoms with Crippen LogP contribution in [0.4, 0.5) is 0 Å². The van der Waals surface area contributed by atoms with E-state index in [2.05, 4.69) is 0 Å². The first-order valence-corrected chi connectivity index (χ1v) is 8.97. The summed E-state index contributed by atoms with van der Waals surface area (Å²) in [6.07, 6.45) is 2.76. The van der Waals surface area contributed by atoms with Crippen LogP contribution >= 0.6 is 0 Å². The van der Waals surface area contributed by atoms with E-state index >= 15 is 0 Å². The van der Waals surface area contributed by atoms with Crippen molar-refractivity contribution in [2.24, 2.45) is 11.8 Å². The van der Waals surface area contributed by atoms with Gasteiger partial charge >= 0.3 is 11.9 Å². The second-order valence-electron chi connectivity index (χ2n) is 6.69. The van der Waals surface area contributed by atoms with Crippen molar-refractivity contribution in [2.75, 3.05) is 0 Å². The van der Waals surface area contributed by atoms with Gasteiger partial charge in [0, 0.05) is 0 Å². The molecule has 0 radical (unpaired) electrons. The Labute approximate surface area is 157 Å². The maximum atomic E-state index is 12.7. The molecular weight excluding hydrogens is 344 g/mol. The Morgan fingerprint density at radius 2 is 1.11 bits per heavy atom. The molecule has 0 spiro atoms. The van der Waals surface area contributed by atoms with Crippen LogP contribution in [-0.4, -0.2) is 24.1 Å². The number of fused-ring (bicyclic) bond motifs is 2. The minimum Gasteiger partial charge on any atom is -0.460 e. The second-order valence-corrected chi connectivity index (χ2v) is 6.69. The largest absolute Gasteiger partial charge is 0.460 e. The smallest absolute Gasteiger partial charge is 0.313 e. The lowest BCUT2D eigenvalue weighted by Gasteiger charge is -2.22. The standard InChI is InChI=1S/C22H20O5/c23-21(25-13-15-7-3-1-4-8-15)19-17-11-12-18(27-17)20(19)22(24)26-14-16-9-5-2-6-10-16/h1-12,17-20H,13-14H2. The zero-order valence-corrected chi connectivity index (χ0v) is 14.7. The van der Waals surface area contributed by atoms with Crippen LogP contribution in [0, 0.1) is 11.8 Å². The SMILES string of the molecule is O=C(OCc1ccccc1)C1C2C=CC(O2)C1C(=O)OCc1ccccc1. The molecule has 0 amide bonds. The molecule has 2 bridgehead atoms. The summed E-state index contributed by atoms with van der Waals surface area (Å²) in [6, 6.07) is 18.9. The van der Waals surface area contributed by atoms with Gasteiger partial charge in [0.05, 0.1) is 12.2 Å². The normalized spacial score (nSPS) is 25.3. The van der Waals surface area contributed by atoms with Crippen LogP contribution in [0.1, 0.15) is 11.1 Å². The van der Waals surface area contributed by atoms with Crippen LogP contribution in [-0.2, 0) is 37.0 Å². The van der Waals surface area contributed by atoms with Gasteiger partial charge in [0.15, 0.2) is 0 Å². The van der Waals surface area contributed by atoms with Gasteiger partial charge in [-0.3, -0.25) is 9.59 Å². The van der Waals surface area contributed by atoms with Crippen molar-refractivity contribution in [1.82, 2.24) is 0 Å². The Morgan fingerprint density at radius 3 is 1.52 bits per heavy atom. The van der Waals surface area contributed by atoms with Gasteiger partial charge in [0.2, 0.25) is 0 Å². The Hall–Kier alpha value is -2.92. The average Bonchev–Trinajstić information content (AvgIpc) is 3.33. The summed E-state index contributed by atoms with van der Waals surface area (Å²) in [5.74, 6) is -2.21. The van der Waals surface area contributed by atoms with E-state index in [4.69, 9.17) is 14.2 Å². The second kappa shape index (κ2) is 7.76. The molecule has 4 rings (SSSR count). The highest BCUT2D eigenvalue weighted by Crippen LogP contribution is 2.40. The fraction of sp³-hybridized carbons (Fsp3) is 0.273. The molecule has 2 aromatic rings. The van der Waals surface area contributed by atoms with Crippen molar-refractivity contribution in [1.29, 1.82) is 0 Å². The summed E-state index contributed by atoms with van der Waals surface area (Å²) < 4.78 is 16.6. The minimum absolute atomic E-state index is 0.170. The molecule has 0 aliphatic carbocycles. The topological polar surface area (TPSA) is 61.8 Å². The molecule has 2 heterocycles. The van der Waals surface area contributed by atoms with Gasteiger partial charge in [-0.2, -0.15) is 0 Å². The van der Waals surface area contributed by atoms with Gasteiger partial charge in [-0.25, -0.2) is 0 Å². The van der Waals surface area contributed by atoms with E-state index in [9.17, 15) is 9.59 Å². The molecule has 2 aliphatic heterocycles. The predicted octanol–water partition coefficient (Wildman–Crippen LogP) is 3.04. The number of ether oxygens (including phenoxy) is 3. The molecule has 0 aromatic heterocycles. The van der Waals surface area contributed by atoms with E-state index in [1.54, 1.807) is 0 Å².